The second kappa shape index (κ2) is 6.85. The first-order valence-electron chi connectivity index (χ1n) is 14.4. The zero-order chi connectivity index (χ0) is 24.7. The summed E-state index contributed by atoms with van der Waals surface area (Å²) in [5.74, 6) is 4.24. The number of likely N-dealkylation sites (tertiary alicyclic amines) is 1. The van der Waals surface area contributed by atoms with E-state index in [-0.39, 0.29) is 5.31 Å². The minimum atomic E-state index is -0.883. The highest BCUT2D eigenvalue weighted by Crippen LogP contribution is 2.96. The molecule has 0 amide bonds. The molecule has 0 bridgehead atoms. The van der Waals surface area contributed by atoms with Gasteiger partial charge in [0.15, 0.2) is 0 Å². The maximum Gasteiger partial charge on any atom is 0.299 e. The predicted molar refractivity (Wildman–Crippen MR) is 138 cm³/mol. The number of hydrogen-bond donors (Lipinski definition) is 2. The van der Waals surface area contributed by atoms with Gasteiger partial charge in [0, 0.05) is 22.4 Å². The van der Waals surface area contributed by atoms with Crippen molar-refractivity contribution in [3.8, 4) is 0 Å². The summed E-state index contributed by atoms with van der Waals surface area (Å²) < 4.78 is 6.40. The van der Waals surface area contributed by atoms with E-state index in [4.69, 9.17) is 4.65 Å². The van der Waals surface area contributed by atoms with Gasteiger partial charge in [-0.2, -0.15) is 0 Å². The predicted octanol–water partition coefficient (Wildman–Crippen LogP) is 5.23. The number of rotatable bonds is 5. The Bertz CT molecular complexity index is 873. The molecule has 0 aromatic rings. The normalized spacial score (nSPS) is 56.4. The molecule has 0 aromatic carbocycles. The van der Waals surface area contributed by atoms with Gasteiger partial charge in [0.1, 0.15) is 0 Å². The summed E-state index contributed by atoms with van der Waals surface area (Å²) in [4.78, 5) is 3.13. The van der Waals surface area contributed by atoms with Gasteiger partial charge >= 0.3 is 0 Å². The number of hydrogen-bond acceptors (Lipinski definition) is 4. The summed E-state index contributed by atoms with van der Waals surface area (Å²) in [6.07, 6.45) is 8.54. The maximum atomic E-state index is 10.7. The van der Waals surface area contributed by atoms with Crippen molar-refractivity contribution in [1.29, 1.82) is 0 Å². The van der Waals surface area contributed by atoms with E-state index < -0.39 is 11.2 Å². The molecule has 2 spiro atoms. The molecule has 6 rings (SSSR count). The van der Waals surface area contributed by atoms with Gasteiger partial charge in [-0.25, -0.2) is 0 Å². The number of nitrogens with zero attached hydrogens (tertiary/aromatic N) is 1. The fourth-order valence-corrected chi connectivity index (χ4v) is 11.1. The third-order valence-electron chi connectivity index (χ3n) is 12.6. The summed E-state index contributed by atoms with van der Waals surface area (Å²) in [6.45, 7) is 21.5. The summed E-state index contributed by atoms with van der Waals surface area (Å²) in [6, 6.07) is 0.607. The average Bonchev–Trinajstić information content (AvgIpc) is 2.97. The van der Waals surface area contributed by atoms with Crippen molar-refractivity contribution in [2.45, 2.75) is 135 Å². The van der Waals surface area contributed by atoms with Crippen molar-refractivity contribution in [2.75, 3.05) is 6.54 Å². The molecule has 2 saturated heterocycles. The lowest BCUT2D eigenvalue weighted by Crippen LogP contribution is -2.64. The Kier molecular flexibility index (Phi) is 4.89. The first kappa shape index (κ1) is 24.3. The molecule has 191 valence electrons. The van der Waals surface area contributed by atoms with Crippen molar-refractivity contribution in [2.24, 2.45) is 40.4 Å². The van der Waals surface area contributed by atoms with Crippen LogP contribution in [0.4, 0.5) is 0 Å². The largest absolute Gasteiger partial charge is 0.432 e. The molecule has 11 atom stereocenters. The second-order valence-electron chi connectivity index (χ2n) is 15.7. The molecule has 5 heteroatoms. The molecule has 4 saturated carbocycles. The summed E-state index contributed by atoms with van der Waals surface area (Å²) in [5, 5.41) is 14.8. The Morgan fingerprint density at radius 1 is 0.971 bits per heavy atom. The molecular formula is C29H50BN2O2. The van der Waals surface area contributed by atoms with Crippen LogP contribution in [-0.4, -0.2) is 53.0 Å². The van der Waals surface area contributed by atoms with Crippen molar-refractivity contribution in [3.05, 3.63) is 0 Å². The number of piperidine rings is 2. The third kappa shape index (κ3) is 2.67. The molecule has 1 radical (unpaired) electrons. The van der Waals surface area contributed by atoms with Crippen LogP contribution < -0.4 is 5.32 Å². The van der Waals surface area contributed by atoms with Gasteiger partial charge in [-0.05, 0) is 108 Å². The zero-order valence-corrected chi connectivity index (χ0v) is 23.4. The highest BCUT2D eigenvalue weighted by atomic mass is 16.5. The number of nitrogens with one attached hydrogen (secondary N) is 1. The quantitative estimate of drug-likeness (QED) is 0.541. The molecule has 4 nitrogen and oxygen atoms in total. The first-order valence-corrected chi connectivity index (χ1v) is 14.4. The molecule has 0 aromatic heterocycles. The van der Waals surface area contributed by atoms with Gasteiger partial charge in [0.05, 0.1) is 17.4 Å². The highest BCUT2D eigenvalue weighted by Gasteiger charge is 2.99. The smallest absolute Gasteiger partial charge is 0.299 e. The monoisotopic (exact) mass is 469 g/mol. The van der Waals surface area contributed by atoms with Crippen LogP contribution in [0.3, 0.4) is 0 Å². The lowest BCUT2D eigenvalue weighted by Gasteiger charge is -2.56. The van der Waals surface area contributed by atoms with E-state index in [1.54, 1.807) is 0 Å². The average molecular weight is 470 g/mol. The molecule has 2 aliphatic heterocycles. The Balaban J connectivity index is 1.31. The van der Waals surface area contributed by atoms with Crippen molar-refractivity contribution >= 4 is 7.48 Å². The lowest BCUT2D eigenvalue weighted by molar-refractivity contribution is -0.0941. The van der Waals surface area contributed by atoms with Gasteiger partial charge in [-0.3, -0.25) is 4.90 Å². The molecule has 2 N–H and O–H groups in total. The Hall–Kier alpha value is -0.0951. The van der Waals surface area contributed by atoms with Gasteiger partial charge < -0.3 is 15.1 Å². The van der Waals surface area contributed by atoms with Gasteiger partial charge in [-0.15, -0.1) is 0 Å². The van der Waals surface area contributed by atoms with E-state index in [0.717, 1.165) is 23.7 Å². The second-order valence-corrected chi connectivity index (χ2v) is 15.7. The van der Waals surface area contributed by atoms with Crippen molar-refractivity contribution in [3.63, 3.8) is 0 Å². The Morgan fingerprint density at radius 3 is 2.35 bits per heavy atom. The van der Waals surface area contributed by atoms with Crippen LogP contribution in [0, 0.1) is 40.4 Å². The molecule has 2 heterocycles. The van der Waals surface area contributed by atoms with Crippen molar-refractivity contribution < 1.29 is 9.76 Å². The highest BCUT2D eigenvalue weighted by molar-refractivity contribution is 6.32. The zero-order valence-electron chi connectivity index (χ0n) is 23.4. The van der Waals surface area contributed by atoms with Crippen LogP contribution >= 0.6 is 0 Å². The molecule has 4 aliphatic carbocycles. The van der Waals surface area contributed by atoms with E-state index in [9.17, 15) is 5.11 Å². The van der Waals surface area contributed by atoms with Crippen LogP contribution in [0.25, 0.3) is 0 Å². The van der Waals surface area contributed by atoms with Gasteiger partial charge in [0.25, 0.3) is 7.48 Å². The summed E-state index contributed by atoms with van der Waals surface area (Å²) >= 11 is 0. The Morgan fingerprint density at radius 2 is 1.68 bits per heavy atom. The molecule has 6 aliphatic rings. The van der Waals surface area contributed by atoms with E-state index in [2.05, 4.69) is 52.3 Å². The van der Waals surface area contributed by atoms with Crippen LogP contribution in [-0.2, 0) is 4.65 Å². The van der Waals surface area contributed by atoms with Crippen LogP contribution in [0.5, 0.6) is 0 Å². The van der Waals surface area contributed by atoms with E-state index in [1.165, 1.54) is 45.1 Å². The van der Waals surface area contributed by atoms with Crippen molar-refractivity contribution in [1.82, 2.24) is 10.2 Å². The third-order valence-corrected chi connectivity index (χ3v) is 12.6. The first-order chi connectivity index (χ1) is 15.6. The van der Waals surface area contributed by atoms with Crippen LogP contribution in [0.2, 0.25) is 5.31 Å². The fraction of sp³-hybridized carbons (Fsp3) is 1.00. The fourth-order valence-electron chi connectivity index (χ4n) is 11.1. The van der Waals surface area contributed by atoms with Crippen LogP contribution in [0.15, 0.2) is 0 Å². The minimum absolute atomic E-state index is 0.0325. The molecule has 6 fully saturated rings. The van der Waals surface area contributed by atoms with Gasteiger partial charge in [-0.1, -0.05) is 34.6 Å². The topological polar surface area (TPSA) is 44.7 Å². The number of fused-ring (bicyclic) bond motifs is 1. The number of aliphatic hydroxyl groups is 1. The minimum Gasteiger partial charge on any atom is -0.432 e. The SMILES string of the molecule is CC1CC(N2C3NCC(C)CC3(C)C34CC5CC(C)[C@]23C54)CC(C)([B]OC(C)(C)C(C)(C)O)C1. The maximum absolute atomic E-state index is 10.7. The summed E-state index contributed by atoms with van der Waals surface area (Å²) in [5.41, 5.74) is -0.0452. The molecule has 34 heavy (non-hydrogen) atoms. The standard InChI is InChI=1S/C29H50BN2O2/c1-17-10-21(15-26(8,12-17)30-34-25(6,7)24(4,5)33)32-23-27(9,13-18(2)16-31-23)28-14-20-11-19(3)29(28,32)22(20)28/h17-23,31,33H,10-16H2,1-9H3/t17?,18?,19?,20?,21?,22?,23?,26?,27?,28?,29-/m1/s1. The molecule has 10 unspecified atom stereocenters. The van der Waals surface area contributed by atoms with E-state index >= 15 is 0 Å². The lowest BCUT2D eigenvalue weighted by atomic mass is 9.53. The van der Waals surface area contributed by atoms with E-state index in [1.807, 2.05) is 27.7 Å². The molecular weight excluding hydrogens is 419 g/mol. The Labute approximate surface area is 209 Å². The van der Waals surface area contributed by atoms with Gasteiger partial charge in [0.2, 0.25) is 0 Å². The van der Waals surface area contributed by atoms with E-state index in [0.29, 0.717) is 34.5 Å². The summed E-state index contributed by atoms with van der Waals surface area (Å²) in [7, 11) is 2.13. The van der Waals surface area contributed by atoms with Crippen LogP contribution in [0.1, 0.15) is 101 Å².